The highest BCUT2D eigenvalue weighted by molar-refractivity contribution is 5.78. The summed E-state index contributed by atoms with van der Waals surface area (Å²) >= 11 is 0. The quantitative estimate of drug-likeness (QED) is 0.464. The van der Waals surface area contributed by atoms with E-state index in [0.717, 1.165) is 28.3 Å². The zero-order valence-corrected chi connectivity index (χ0v) is 18.7. The second-order valence-corrected chi connectivity index (χ2v) is 8.19. The van der Waals surface area contributed by atoms with E-state index in [1.54, 1.807) is 12.3 Å². The lowest BCUT2D eigenvalue weighted by Crippen LogP contribution is -2.50. The largest absolute Gasteiger partial charge is 0.353 e. The van der Waals surface area contributed by atoms with E-state index in [-0.39, 0.29) is 12.5 Å². The minimum atomic E-state index is 0.0485. The third-order valence-electron chi connectivity index (χ3n) is 6.04. The molecule has 0 N–H and O–H groups in total. The van der Waals surface area contributed by atoms with E-state index in [9.17, 15) is 4.79 Å². The van der Waals surface area contributed by atoms with Crippen molar-refractivity contribution < 1.29 is 4.79 Å². The minimum absolute atomic E-state index is 0.0485. The summed E-state index contributed by atoms with van der Waals surface area (Å²) in [6.07, 6.45) is 1.58. The molecule has 7 heteroatoms. The summed E-state index contributed by atoms with van der Waals surface area (Å²) in [4.78, 5) is 21.6. The second-order valence-electron chi connectivity index (χ2n) is 8.19. The summed E-state index contributed by atoms with van der Waals surface area (Å²) in [6.45, 7) is 2.82. The molecule has 1 fully saturated rings. The average molecular weight is 449 g/mol. The number of nitrogens with zero attached hydrogens (tertiary/aromatic N) is 6. The fourth-order valence-electron chi connectivity index (χ4n) is 4.18. The van der Waals surface area contributed by atoms with Crippen LogP contribution in [0, 0.1) is 11.3 Å². The smallest absolute Gasteiger partial charge is 0.244 e. The van der Waals surface area contributed by atoms with Crippen molar-refractivity contribution >= 4 is 11.7 Å². The van der Waals surface area contributed by atoms with Crippen molar-refractivity contribution in [1.29, 1.82) is 5.26 Å². The predicted molar refractivity (Wildman–Crippen MR) is 131 cm³/mol. The average Bonchev–Trinajstić information content (AvgIpc) is 3.33. The van der Waals surface area contributed by atoms with Crippen LogP contribution < -0.4 is 4.90 Å². The SMILES string of the molecule is N#Cc1ccc(N2CCN(C(=O)Cn3nc(-c4ccccc4)cc3-c3ccccc3)CC2)nc1. The zero-order valence-electron chi connectivity index (χ0n) is 18.7. The van der Waals surface area contributed by atoms with Gasteiger partial charge in [0.2, 0.25) is 5.91 Å². The number of carbonyl (C=O) groups excluding carboxylic acids is 1. The number of aromatic nitrogens is 3. The standard InChI is InChI=1S/C27H24N6O/c28-18-21-11-12-26(29-19-21)31-13-15-32(16-14-31)27(34)20-33-25(23-9-5-2-6-10-23)17-24(30-33)22-7-3-1-4-8-22/h1-12,17,19H,13-16,20H2. The van der Waals surface area contributed by atoms with E-state index >= 15 is 0 Å². The van der Waals surface area contributed by atoms with E-state index in [1.165, 1.54) is 0 Å². The Morgan fingerprint density at radius 1 is 0.882 bits per heavy atom. The minimum Gasteiger partial charge on any atom is -0.353 e. The molecule has 0 unspecified atom stereocenters. The van der Waals surface area contributed by atoms with Crippen LogP contribution in [0.15, 0.2) is 85.1 Å². The lowest BCUT2D eigenvalue weighted by molar-refractivity contribution is -0.132. The fourth-order valence-corrected chi connectivity index (χ4v) is 4.18. The molecule has 1 amide bonds. The van der Waals surface area contributed by atoms with Gasteiger partial charge in [-0.2, -0.15) is 10.4 Å². The van der Waals surface area contributed by atoms with E-state index in [0.29, 0.717) is 31.7 Å². The van der Waals surface area contributed by atoms with Crippen molar-refractivity contribution in [2.24, 2.45) is 0 Å². The fraction of sp³-hybridized carbons (Fsp3) is 0.185. The van der Waals surface area contributed by atoms with Crippen molar-refractivity contribution in [3.63, 3.8) is 0 Å². The summed E-state index contributed by atoms with van der Waals surface area (Å²) < 4.78 is 1.81. The molecular formula is C27H24N6O. The van der Waals surface area contributed by atoms with Crippen LogP contribution in [0.2, 0.25) is 0 Å². The molecule has 0 radical (unpaired) electrons. The molecule has 1 saturated heterocycles. The maximum atomic E-state index is 13.2. The van der Waals surface area contributed by atoms with Gasteiger partial charge in [-0.25, -0.2) is 4.98 Å². The molecule has 2 aromatic carbocycles. The molecule has 168 valence electrons. The van der Waals surface area contributed by atoms with Gasteiger partial charge >= 0.3 is 0 Å². The Morgan fingerprint density at radius 2 is 1.56 bits per heavy atom. The van der Waals surface area contributed by atoms with E-state index in [1.807, 2.05) is 82.4 Å². The first-order chi connectivity index (χ1) is 16.7. The van der Waals surface area contributed by atoms with Gasteiger partial charge in [-0.05, 0) is 23.8 Å². The molecule has 3 heterocycles. The topological polar surface area (TPSA) is 78.0 Å². The van der Waals surface area contributed by atoms with Gasteiger partial charge in [0.25, 0.3) is 0 Å². The summed E-state index contributed by atoms with van der Waals surface area (Å²) in [7, 11) is 0. The Labute approximate surface area is 198 Å². The monoisotopic (exact) mass is 448 g/mol. The maximum Gasteiger partial charge on any atom is 0.244 e. The lowest BCUT2D eigenvalue weighted by Gasteiger charge is -2.35. The van der Waals surface area contributed by atoms with Crippen LogP contribution in [0.5, 0.6) is 0 Å². The molecule has 34 heavy (non-hydrogen) atoms. The van der Waals surface area contributed by atoms with Gasteiger partial charge in [-0.15, -0.1) is 0 Å². The number of carbonyl (C=O) groups is 1. The molecule has 0 bridgehead atoms. The number of rotatable bonds is 5. The molecule has 0 atom stereocenters. The van der Waals surface area contributed by atoms with E-state index < -0.39 is 0 Å². The molecule has 1 aliphatic rings. The van der Waals surface area contributed by atoms with Crippen molar-refractivity contribution in [2.45, 2.75) is 6.54 Å². The molecule has 0 saturated carbocycles. The maximum absolute atomic E-state index is 13.2. The summed E-state index contributed by atoms with van der Waals surface area (Å²) in [5.41, 5.74) is 4.37. The van der Waals surface area contributed by atoms with Gasteiger partial charge in [0.15, 0.2) is 0 Å². The summed E-state index contributed by atoms with van der Waals surface area (Å²) in [5.74, 6) is 0.879. The third kappa shape index (κ3) is 4.52. The van der Waals surface area contributed by atoms with Gasteiger partial charge in [0, 0.05) is 37.9 Å². The van der Waals surface area contributed by atoms with Crippen molar-refractivity contribution in [1.82, 2.24) is 19.7 Å². The molecule has 7 nitrogen and oxygen atoms in total. The van der Waals surface area contributed by atoms with Gasteiger partial charge in [-0.3, -0.25) is 9.48 Å². The first-order valence-electron chi connectivity index (χ1n) is 11.3. The molecule has 2 aromatic heterocycles. The molecule has 0 aliphatic carbocycles. The van der Waals surface area contributed by atoms with Gasteiger partial charge < -0.3 is 9.80 Å². The van der Waals surface area contributed by atoms with Crippen LogP contribution in [0.4, 0.5) is 5.82 Å². The highest BCUT2D eigenvalue weighted by atomic mass is 16.2. The summed E-state index contributed by atoms with van der Waals surface area (Å²) in [5, 5.41) is 13.8. The number of amides is 1. The van der Waals surface area contributed by atoms with E-state index in [2.05, 4.69) is 16.0 Å². The first kappa shape index (κ1) is 21.4. The van der Waals surface area contributed by atoms with Crippen molar-refractivity contribution in [3.8, 4) is 28.6 Å². The first-order valence-corrected chi connectivity index (χ1v) is 11.3. The Bertz CT molecular complexity index is 1300. The normalized spacial score (nSPS) is 13.5. The Morgan fingerprint density at radius 3 is 2.18 bits per heavy atom. The van der Waals surface area contributed by atoms with Crippen LogP contribution in [-0.2, 0) is 11.3 Å². The molecule has 4 aromatic rings. The zero-order chi connectivity index (χ0) is 23.3. The highest BCUT2D eigenvalue weighted by Crippen LogP contribution is 2.26. The number of anilines is 1. The van der Waals surface area contributed by atoms with E-state index in [4.69, 9.17) is 10.4 Å². The Hall–Kier alpha value is -4.44. The predicted octanol–water partition coefficient (Wildman–Crippen LogP) is 3.83. The number of benzene rings is 2. The lowest BCUT2D eigenvalue weighted by atomic mass is 10.1. The Kier molecular flexibility index (Phi) is 6.04. The summed E-state index contributed by atoms with van der Waals surface area (Å²) in [6, 6.07) is 27.8. The molecule has 0 spiro atoms. The molecule has 5 rings (SSSR count). The van der Waals surface area contributed by atoms with Crippen LogP contribution in [-0.4, -0.2) is 51.8 Å². The van der Waals surface area contributed by atoms with Crippen LogP contribution in [0.3, 0.4) is 0 Å². The second kappa shape index (κ2) is 9.59. The number of pyridine rings is 1. The van der Waals surface area contributed by atoms with Gasteiger partial charge in [-0.1, -0.05) is 60.7 Å². The van der Waals surface area contributed by atoms with Gasteiger partial charge in [0.05, 0.1) is 17.0 Å². The number of hydrogen-bond acceptors (Lipinski definition) is 5. The van der Waals surface area contributed by atoms with Crippen molar-refractivity contribution in [3.05, 3.63) is 90.6 Å². The Balaban J connectivity index is 1.31. The van der Waals surface area contributed by atoms with Gasteiger partial charge in [0.1, 0.15) is 18.4 Å². The molecular weight excluding hydrogens is 424 g/mol. The molecule has 1 aliphatic heterocycles. The van der Waals surface area contributed by atoms with Crippen LogP contribution in [0.25, 0.3) is 22.5 Å². The third-order valence-corrected chi connectivity index (χ3v) is 6.04. The number of hydrogen-bond donors (Lipinski definition) is 0. The van der Waals surface area contributed by atoms with Crippen LogP contribution in [0.1, 0.15) is 5.56 Å². The number of nitriles is 1. The van der Waals surface area contributed by atoms with Crippen LogP contribution >= 0.6 is 0 Å². The number of piperazine rings is 1. The highest BCUT2D eigenvalue weighted by Gasteiger charge is 2.23. The van der Waals surface area contributed by atoms with Crippen molar-refractivity contribution in [2.75, 3.05) is 31.1 Å².